The molecule has 0 spiro atoms. The van der Waals surface area contributed by atoms with E-state index in [9.17, 15) is 9.59 Å². The molecule has 1 aliphatic rings. The van der Waals surface area contributed by atoms with Crippen LogP contribution in [0, 0.1) is 6.92 Å². The van der Waals surface area contributed by atoms with Crippen molar-refractivity contribution < 1.29 is 24.2 Å². The number of carboxylic acids is 1. The monoisotopic (exact) mass is 314 g/mol. The summed E-state index contributed by atoms with van der Waals surface area (Å²) in [5.74, 6) is -1.33. The Morgan fingerprint density at radius 1 is 1.56 bits per heavy atom. The first kappa shape index (κ1) is 12.9. The standard InChI is InChI=1S/C12H11BrO5/c1-6-4-7(13)5-8(11(14)15)10(6)18-9-2-3-17-12(9)16/h4-5,9H,2-3H2,1H3,(H,14,15). The molecule has 0 amide bonds. The molecule has 1 saturated heterocycles. The molecule has 5 nitrogen and oxygen atoms in total. The highest BCUT2D eigenvalue weighted by atomic mass is 79.9. The van der Waals surface area contributed by atoms with E-state index in [-0.39, 0.29) is 11.3 Å². The number of hydrogen-bond acceptors (Lipinski definition) is 4. The zero-order valence-corrected chi connectivity index (χ0v) is 11.2. The summed E-state index contributed by atoms with van der Waals surface area (Å²) in [7, 11) is 0. The Morgan fingerprint density at radius 2 is 2.28 bits per heavy atom. The Labute approximate surface area is 112 Å². The first-order valence-electron chi connectivity index (χ1n) is 5.36. The van der Waals surface area contributed by atoms with Gasteiger partial charge >= 0.3 is 11.9 Å². The van der Waals surface area contributed by atoms with Crippen LogP contribution >= 0.6 is 15.9 Å². The Balaban J connectivity index is 2.36. The van der Waals surface area contributed by atoms with Gasteiger partial charge in [-0.05, 0) is 24.6 Å². The van der Waals surface area contributed by atoms with Crippen LogP contribution in [0.3, 0.4) is 0 Å². The zero-order chi connectivity index (χ0) is 13.3. The smallest absolute Gasteiger partial charge is 0.347 e. The van der Waals surface area contributed by atoms with E-state index in [0.717, 1.165) is 0 Å². The van der Waals surface area contributed by atoms with Gasteiger partial charge in [-0.1, -0.05) is 15.9 Å². The van der Waals surface area contributed by atoms with Gasteiger partial charge in [0.2, 0.25) is 0 Å². The van der Waals surface area contributed by atoms with Crippen molar-refractivity contribution in [3.05, 3.63) is 27.7 Å². The van der Waals surface area contributed by atoms with Crippen LogP contribution in [0.25, 0.3) is 0 Å². The van der Waals surface area contributed by atoms with Gasteiger partial charge in [0, 0.05) is 10.9 Å². The molecule has 1 unspecified atom stereocenters. The maximum atomic E-state index is 11.3. The summed E-state index contributed by atoms with van der Waals surface area (Å²) in [6.07, 6.45) is -0.282. The number of cyclic esters (lactones) is 1. The highest BCUT2D eigenvalue weighted by Gasteiger charge is 2.30. The first-order valence-corrected chi connectivity index (χ1v) is 6.15. The minimum atomic E-state index is -1.10. The molecule has 2 rings (SSSR count). The molecule has 0 aliphatic carbocycles. The summed E-state index contributed by atoms with van der Waals surface area (Å²) < 4.78 is 10.9. The fourth-order valence-electron chi connectivity index (χ4n) is 1.77. The van der Waals surface area contributed by atoms with Crippen LogP contribution in [0.1, 0.15) is 22.3 Å². The number of rotatable bonds is 3. The van der Waals surface area contributed by atoms with Crippen molar-refractivity contribution in [3.63, 3.8) is 0 Å². The number of carboxylic acid groups (broad SMARTS) is 1. The van der Waals surface area contributed by atoms with Crippen LogP contribution in [-0.4, -0.2) is 29.8 Å². The maximum absolute atomic E-state index is 11.3. The van der Waals surface area contributed by atoms with E-state index < -0.39 is 18.0 Å². The predicted molar refractivity (Wildman–Crippen MR) is 65.8 cm³/mol. The van der Waals surface area contributed by atoms with Crippen LogP contribution in [-0.2, 0) is 9.53 Å². The van der Waals surface area contributed by atoms with Gasteiger partial charge in [-0.25, -0.2) is 9.59 Å². The first-order chi connectivity index (χ1) is 8.49. The topological polar surface area (TPSA) is 72.8 Å². The Kier molecular flexibility index (Phi) is 3.56. The molecule has 1 fully saturated rings. The van der Waals surface area contributed by atoms with Gasteiger partial charge in [0.1, 0.15) is 11.3 Å². The van der Waals surface area contributed by atoms with Crippen molar-refractivity contribution in [2.45, 2.75) is 19.4 Å². The summed E-state index contributed by atoms with van der Waals surface area (Å²) in [5, 5.41) is 9.14. The largest absolute Gasteiger partial charge is 0.478 e. The molecule has 0 saturated carbocycles. The number of ether oxygens (including phenoxy) is 2. The number of aromatic carboxylic acids is 1. The molecule has 1 atom stereocenters. The molecule has 1 heterocycles. The van der Waals surface area contributed by atoms with Gasteiger partial charge in [-0.2, -0.15) is 0 Å². The predicted octanol–water partition coefficient (Wildman–Crippen LogP) is 2.15. The molecule has 1 aromatic carbocycles. The quantitative estimate of drug-likeness (QED) is 0.865. The third kappa shape index (κ3) is 2.48. The highest BCUT2D eigenvalue weighted by Crippen LogP contribution is 2.30. The number of carbonyl (C=O) groups excluding carboxylic acids is 1. The third-order valence-electron chi connectivity index (χ3n) is 2.62. The SMILES string of the molecule is Cc1cc(Br)cc(C(=O)O)c1OC1CCOC1=O. The van der Waals surface area contributed by atoms with Crippen molar-refractivity contribution in [3.8, 4) is 5.75 Å². The Bertz CT molecular complexity index is 511. The second-order valence-corrected chi connectivity index (χ2v) is 4.88. The van der Waals surface area contributed by atoms with Crippen molar-refractivity contribution in [2.24, 2.45) is 0 Å². The zero-order valence-electron chi connectivity index (χ0n) is 9.60. The molecule has 0 bridgehead atoms. The average Bonchev–Trinajstić information content (AvgIpc) is 2.67. The van der Waals surface area contributed by atoms with Gasteiger partial charge in [0.05, 0.1) is 6.61 Å². The van der Waals surface area contributed by atoms with Gasteiger partial charge in [0.15, 0.2) is 6.10 Å². The summed E-state index contributed by atoms with van der Waals surface area (Å²) >= 11 is 3.23. The minimum absolute atomic E-state index is 0.0292. The normalized spacial score (nSPS) is 18.6. The lowest BCUT2D eigenvalue weighted by molar-refractivity contribution is -0.143. The number of benzene rings is 1. The van der Waals surface area contributed by atoms with Crippen molar-refractivity contribution in [1.82, 2.24) is 0 Å². The van der Waals surface area contributed by atoms with Crippen LogP contribution in [0.5, 0.6) is 5.75 Å². The van der Waals surface area contributed by atoms with E-state index in [2.05, 4.69) is 15.9 Å². The Hall–Kier alpha value is -1.56. The van der Waals surface area contributed by atoms with Crippen molar-refractivity contribution in [1.29, 1.82) is 0 Å². The summed E-state index contributed by atoms with van der Waals surface area (Å²) in [5.41, 5.74) is 0.683. The van der Waals surface area contributed by atoms with E-state index in [1.807, 2.05) is 0 Å². The number of aryl methyl sites for hydroxylation is 1. The fourth-order valence-corrected chi connectivity index (χ4v) is 2.34. The second kappa shape index (κ2) is 4.97. The molecule has 18 heavy (non-hydrogen) atoms. The molecule has 1 N–H and O–H groups in total. The average molecular weight is 315 g/mol. The maximum Gasteiger partial charge on any atom is 0.347 e. The molecule has 0 aromatic heterocycles. The lowest BCUT2D eigenvalue weighted by Gasteiger charge is -2.15. The van der Waals surface area contributed by atoms with E-state index >= 15 is 0 Å². The van der Waals surface area contributed by atoms with Crippen LogP contribution < -0.4 is 4.74 Å². The van der Waals surface area contributed by atoms with E-state index in [1.54, 1.807) is 13.0 Å². The molecule has 1 aromatic rings. The van der Waals surface area contributed by atoms with Crippen LogP contribution in [0.15, 0.2) is 16.6 Å². The molecule has 6 heteroatoms. The van der Waals surface area contributed by atoms with Crippen molar-refractivity contribution in [2.75, 3.05) is 6.61 Å². The number of hydrogen-bond donors (Lipinski definition) is 1. The second-order valence-electron chi connectivity index (χ2n) is 3.97. The van der Waals surface area contributed by atoms with Crippen molar-refractivity contribution >= 4 is 27.9 Å². The van der Waals surface area contributed by atoms with Gasteiger partial charge in [-0.15, -0.1) is 0 Å². The van der Waals surface area contributed by atoms with E-state index in [0.29, 0.717) is 23.1 Å². The van der Waals surface area contributed by atoms with Gasteiger partial charge < -0.3 is 14.6 Å². The molecular weight excluding hydrogens is 304 g/mol. The minimum Gasteiger partial charge on any atom is -0.478 e. The Morgan fingerprint density at radius 3 is 2.83 bits per heavy atom. The lowest BCUT2D eigenvalue weighted by atomic mass is 10.1. The number of esters is 1. The number of carbonyl (C=O) groups is 2. The summed E-state index contributed by atoms with van der Waals surface area (Å²) in [6.45, 7) is 2.04. The third-order valence-corrected chi connectivity index (χ3v) is 3.08. The van der Waals surface area contributed by atoms with Gasteiger partial charge in [-0.3, -0.25) is 0 Å². The summed E-state index contributed by atoms with van der Waals surface area (Å²) in [6, 6.07) is 3.19. The molecule has 1 aliphatic heterocycles. The van der Waals surface area contributed by atoms with Crippen LogP contribution in [0.4, 0.5) is 0 Å². The lowest BCUT2D eigenvalue weighted by Crippen LogP contribution is -2.23. The van der Waals surface area contributed by atoms with E-state index in [4.69, 9.17) is 14.6 Å². The number of halogens is 1. The summed E-state index contributed by atoms with van der Waals surface area (Å²) in [4.78, 5) is 22.5. The molecule has 96 valence electrons. The fraction of sp³-hybridized carbons (Fsp3) is 0.333. The van der Waals surface area contributed by atoms with Crippen LogP contribution in [0.2, 0.25) is 0 Å². The molecular formula is C12H11BrO5. The van der Waals surface area contributed by atoms with E-state index in [1.165, 1.54) is 6.07 Å². The highest BCUT2D eigenvalue weighted by molar-refractivity contribution is 9.10. The molecule has 0 radical (unpaired) electrons. The van der Waals surface area contributed by atoms with Gasteiger partial charge in [0.25, 0.3) is 0 Å².